The molecule has 7 nitrogen and oxygen atoms in total. The van der Waals surface area contributed by atoms with E-state index in [0.717, 1.165) is 42.0 Å². The Labute approximate surface area is 189 Å². The molecule has 1 amide bonds. The molecule has 32 heavy (non-hydrogen) atoms. The van der Waals surface area contributed by atoms with Crippen molar-refractivity contribution in [1.82, 2.24) is 19.7 Å². The van der Waals surface area contributed by atoms with Crippen LogP contribution in [0.4, 0.5) is 4.39 Å². The standard InChI is InChI=1S/C23H23FN4O3S/c1-27-22(15-4-7-17(24)8-5-15)25-26-23(27)32-14-21(29)28-10-2-3-18(28)16-6-9-19-20(13-16)31-12-11-30-19/h4-9,13,18H,2-3,10-12,14H2,1H3. The van der Waals surface area contributed by atoms with Gasteiger partial charge in [0.15, 0.2) is 22.5 Å². The summed E-state index contributed by atoms with van der Waals surface area (Å²) in [6, 6.07) is 12.1. The molecule has 0 saturated carbocycles. The molecule has 1 fully saturated rings. The molecule has 1 unspecified atom stereocenters. The van der Waals surface area contributed by atoms with Gasteiger partial charge in [0.1, 0.15) is 19.0 Å². The molecule has 166 valence electrons. The van der Waals surface area contributed by atoms with E-state index < -0.39 is 0 Å². The molecule has 2 aromatic carbocycles. The second-order valence-corrected chi connectivity index (χ2v) is 8.75. The smallest absolute Gasteiger partial charge is 0.233 e. The van der Waals surface area contributed by atoms with Gasteiger partial charge >= 0.3 is 0 Å². The second-order valence-electron chi connectivity index (χ2n) is 7.81. The molecular formula is C23H23FN4O3S. The highest BCUT2D eigenvalue weighted by Gasteiger charge is 2.31. The van der Waals surface area contributed by atoms with Gasteiger partial charge in [-0.05, 0) is 54.8 Å². The van der Waals surface area contributed by atoms with E-state index in [2.05, 4.69) is 10.2 Å². The van der Waals surface area contributed by atoms with Crippen molar-refractivity contribution in [2.75, 3.05) is 25.5 Å². The number of ether oxygens (including phenoxy) is 2. The molecule has 1 atom stereocenters. The van der Waals surface area contributed by atoms with Gasteiger partial charge in [-0.1, -0.05) is 17.8 Å². The zero-order valence-electron chi connectivity index (χ0n) is 17.7. The number of carbonyl (C=O) groups is 1. The third-order valence-electron chi connectivity index (χ3n) is 5.79. The fourth-order valence-electron chi connectivity index (χ4n) is 4.18. The summed E-state index contributed by atoms with van der Waals surface area (Å²) < 4.78 is 26.4. The van der Waals surface area contributed by atoms with Crippen LogP contribution in [0.25, 0.3) is 11.4 Å². The summed E-state index contributed by atoms with van der Waals surface area (Å²) in [7, 11) is 1.85. The quantitative estimate of drug-likeness (QED) is 0.546. The molecule has 1 saturated heterocycles. The number of carbonyl (C=O) groups excluding carboxylic acids is 1. The van der Waals surface area contributed by atoms with E-state index in [1.165, 1.54) is 23.9 Å². The van der Waals surface area contributed by atoms with Gasteiger partial charge in [-0.2, -0.15) is 0 Å². The van der Waals surface area contributed by atoms with Crippen LogP contribution in [-0.2, 0) is 11.8 Å². The number of nitrogens with zero attached hydrogens (tertiary/aromatic N) is 4. The number of benzene rings is 2. The lowest BCUT2D eigenvalue weighted by atomic mass is 10.0. The predicted molar refractivity (Wildman–Crippen MR) is 118 cm³/mol. The molecule has 1 aromatic heterocycles. The molecule has 2 aliphatic heterocycles. The zero-order chi connectivity index (χ0) is 22.1. The molecule has 3 heterocycles. The summed E-state index contributed by atoms with van der Waals surface area (Å²) in [4.78, 5) is 15.0. The number of amides is 1. The van der Waals surface area contributed by atoms with E-state index in [9.17, 15) is 9.18 Å². The largest absolute Gasteiger partial charge is 0.486 e. The second kappa shape index (κ2) is 8.82. The Kier molecular flexibility index (Phi) is 5.73. The van der Waals surface area contributed by atoms with Gasteiger partial charge in [0, 0.05) is 19.2 Å². The van der Waals surface area contributed by atoms with Gasteiger partial charge in [0.25, 0.3) is 0 Å². The van der Waals surface area contributed by atoms with Crippen LogP contribution in [0.2, 0.25) is 0 Å². The van der Waals surface area contributed by atoms with Crippen LogP contribution < -0.4 is 9.47 Å². The van der Waals surface area contributed by atoms with Crippen LogP contribution in [0.1, 0.15) is 24.4 Å². The molecular weight excluding hydrogens is 431 g/mol. The van der Waals surface area contributed by atoms with Crippen LogP contribution in [0, 0.1) is 5.82 Å². The summed E-state index contributed by atoms with van der Waals surface area (Å²) >= 11 is 1.36. The lowest BCUT2D eigenvalue weighted by Gasteiger charge is -2.26. The zero-order valence-corrected chi connectivity index (χ0v) is 18.5. The van der Waals surface area contributed by atoms with E-state index in [-0.39, 0.29) is 23.5 Å². The van der Waals surface area contributed by atoms with Gasteiger partial charge < -0.3 is 18.9 Å². The fraction of sp³-hybridized carbons (Fsp3) is 0.348. The Morgan fingerprint density at radius 2 is 1.91 bits per heavy atom. The maximum atomic E-state index is 13.2. The normalized spacial score (nSPS) is 17.6. The monoisotopic (exact) mass is 454 g/mol. The Morgan fingerprint density at radius 1 is 1.12 bits per heavy atom. The number of aromatic nitrogens is 3. The highest BCUT2D eigenvalue weighted by molar-refractivity contribution is 7.99. The van der Waals surface area contributed by atoms with Crippen LogP contribution in [0.3, 0.4) is 0 Å². The van der Waals surface area contributed by atoms with Crippen LogP contribution >= 0.6 is 11.8 Å². The minimum Gasteiger partial charge on any atom is -0.486 e. The third kappa shape index (κ3) is 4.04. The average molecular weight is 455 g/mol. The fourth-order valence-corrected chi connectivity index (χ4v) is 4.98. The molecule has 3 aromatic rings. The molecule has 5 rings (SSSR count). The van der Waals surface area contributed by atoms with Gasteiger partial charge in [0.2, 0.25) is 5.91 Å². The van der Waals surface area contributed by atoms with Crippen LogP contribution in [0.15, 0.2) is 47.6 Å². The van der Waals surface area contributed by atoms with E-state index >= 15 is 0 Å². The first-order chi connectivity index (χ1) is 15.6. The molecule has 0 radical (unpaired) electrons. The first kappa shape index (κ1) is 20.8. The SMILES string of the molecule is Cn1c(SCC(=O)N2CCCC2c2ccc3c(c2)OCCO3)nnc1-c1ccc(F)cc1. The van der Waals surface area contributed by atoms with Gasteiger partial charge in [-0.15, -0.1) is 10.2 Å². The number of rotatable bonds is 5. The van der Waals surface area contributed by atoms with E-state index in [0.29, 0.717) is 24.2 Å². The molecule has 0 N–H and O–H groups in total. The molecule has 0 aliphatic carbocycles. The van der Waals surface area contributed by atoms with Crippen molar-refractivity contribution in [3.05, 3.63) is 53.8 Å². The number of hydrogen-bond acceptors (Lipinski definition) is 6. The maximum Gasteiger partial charge on any atom is 0.233 e. The van der Waals surface area contributed by atoms with Crippen molar-refractivity contribution in [2.45, 2.75) is 24.0 Å². The third-order valence-corrected chi connectivity index (χ3v) is 6.79. The predicted octanol–water partition coefficient (Wildman–Crippen LogP) is 3.85. The Balaban J connectivity index is 1.26. The van der Waals surface area contributed by atoms with Crippen molar-refractivity contribution < 1.29 is 18.7 Å². The summed E-state index contributed by atoms with van der Waals surface area (Å²) in [6.45, 7) is 1.83. The highest BCUT2D eigenvalue weighted by Crippen LogP contribution is 2.38. The molecule has 2 aliphatic rings. The van der Waals surface area contributed by atoms with Crippen molar-refractivity contribution in [3.8, 4) is 22.9 Å². The Morgan fingerprint density at radius 3 is 2.72 bits per heavy atom. The van der Waals surface area contributed by atoms with Crippen molar-refractivity contribution in [3.63, 3.8) is 0 Å². The summed E-state index contributed by atoms with van der Waals surface area (Å²) in [6.07, 6.45) is 1.89. The molecule has 0 bridgehead atoms. The van der Waals surface area contributed by atoms with Crippen molar-refractivity contribution >= 4 is 17.7 Å². The minimum atomic E-state index is -0.297. The summed E-state index contributed by atoms with van der Waals surface area (Å²) in [5.74, 6) is 2.18. The van der Waals surface area contributed by atoms with Crippen LogP contribution in [-0.4, -0.2) is 51.1 Å². The number of hydrogen-bond donors (Lipinski definition) is 0. The summed E-state index contributed by atoms with van der Waals surface area (Å²) in [5, 5.41) is 9.08. The highest BCUT2D eigenvalue weighted by atomic mass is 32.2. The number of fused-ring (bicyclic) bond motifs is 1. The first-order valence-corrected chi connectivity index (χ1v) is 11.6. The minimum absolute atomic E-state index is 0.0354. The van der Waals surface area contributed by atoms with Gasteiger partial charge in [0.05, 0.1) is 11.8 Å². The maximum absolute atomic E-state index is 13.2. The number of thioether (sulfide) groups is 1. The van der Waals surface area contributed by atoms with Crippen LogP contribution in [0.5, 0.6) is 11.5 Å². The Bertz CT molecular complexity index is 1130. The number of likely N-dealkylation sites (tertiary alicyclic amines) is 1. The summed E-state index contributed by atoms with van der Waals surface area (Å²) in [5.41, 5.74) is 1.85. The first-order valence-electron chi connectivity index (χ1n) is 10.6. The number of halogens is 1. The van der Waals surface area contributed by atoms with E-state index in [1.807, 2.05) is 34.7 Å². The topological polar surface area (TPSA) is 69.5 Å². The Hall–Kier alpha value is -3.07. The lowest BCUT2D eigenvalue weighted by Crippen LogP contribution is -2.32. The average Bonchev–Trinajstić information content (AvgIpc) is 3.45. The molecule has 0 spiro atoms. The van der Waals surface area contributed by atoms with Crippen molar-refractivity contribution in [1.29, 1.82) is 0 Å². The van der Waals surface area contributed by atoms with Crippen molar-refractivity contribution in [2.24, 2.45) is 7.05 Å². The molecule has 9 heteroatoms. The lowest BCUT2D eigenvalue weighted by molar-refractivity contribution is -0.129. The van der Waals surface area contributed by atoms with Gasteiger partial charge in [-0.25, -0.2) is 4.39 Å². The van der Waals surface area contributed by atoms with E-state index in [4.69, 9.17) is 9.47 Å². The van der Waals surface area contributed by atoms with Gasteiger partial charge in [-0.3, -0.25) is 4.79 Å². The van der Waals surface area contributed by atoms with E-state index in [1.54, 1.807) is 12.1 Å².